The summed E-state index contributed by atoms with van der Waals surface area (Å²) in [6.07, 6.45) is 6.77. The number of nitrogens with zero attached hydrogens (tertiary/aromatic N) is 4. The fourth-order valence-electron chi connectivity index (χ4n) is 5.15. The van der Waals surface area contributed by atoms with Crippen LogP contribution >= 0.6 is 0 Å². The monoisotopic (exact) mass is 560 g/mol. The Balaban J connectivity index is 0.00000370. The minimum atomic E-state index is -3.46. The van der Waals surface area contributed by atoms with E-state index in [0.29, 0.717) is 29.2 Å². The number of nitrogens with one attached hydrogen (secondary N) is 2. The van der Waals surface area contributed by atoms with Crippen molar-refractivity contribution in [2.75, 3.05) is 36.9 Å². The highest BCUT2D eigenvalue weighted by molar-refractivity contribution is 7.89. The molecule has 0 aliphatic heterocycles. The van der Waals surface area contributed by atoms with E-state index < -0.39 is 10.0 Å². The Morgan fingerprint density at radius 2 is 1.52 bits per heavy atom. The minimum Gasteiger partial charge on any atom is -0.359 e. The molecule has 0 unspecified atom stereocenters. The van der Waals surface area contributed by atoms with Crippen molar-refractivity contribution in [3.8, 4) is 0 Å². The summed E-state index contributed by atoms with van der Waals surface area (Å²) in [5.41, 5.74) is 1.98. The molecular weight excluding hydrogens is 520 g/mol. The lowest BCUT2D eigenvalue weighted by molar-refractivity contribution is 0.284. The Bertz CT molecular complexity index is 1460. The first-order valence-electron chi connectivity index (χ1n) is 13.6. The Labute approximate surface area is 238 Å². The van der Waals surface area contributed by atoms with Crippen LogP contribution in [0.3, 0.4) is 0 Å². The van der Waals surface area contributed by atoms with Crippen LogP contribution in [-0.4, -0.2) is 50.1 Å². The third-order valence-corrected chi connectivity index (χ3v) is 8.94. The molecule has 2 heterocycles. The molecule has 0 amide bonds. The molecule has 9 heteroatoms. The zero-order valence-electron chi connectivity index (χ0n) is 22.3. The van der Waals surface area contributed by atoms with Crippen LogP contribution in [0.2, 0.25) is 0 Å². The van der Waals surface area contributed by atoms with Crippen LogP contribution in [-0.2, 0) is 16.4 Å². The molecule has 5 rings (SSSR count). The van der Waals surface area contributed by atoms with Crippen molar-refractivity contribution in [3.63, 3.8) is 0 Å². The van der Waals surface area contributed by atoms with Crippen LogP contribution in [0.4, 0.5) is 11.8 Å². The number of fused-ring (bicyclic) bond motifs is 1. The summed E-state index contributed by atoms with van der Waals surface area (Å²) < 4.78 is 27.9. The van der Waals surface area contributed by atoms with Crippen LogP contribution in [0.5, 0.6) is 0 Å². The molecule has 1 fully saturated rings. The predicted octanol–water partition coefficient (Wildman–Crippen LogP) is 5.54. The van der Waals surface area contributed by atoms with E-state index in [-0.39, 0.29) is 7.43 Å². The van der Waals surface area contributed by atoms with Crippen molar-refractivity contribution in [3.05, 3.63) is 84.7 Å². The maximum Gasteiger partial charge on any atom is 0.240 e. The molecule has 40 heavy (non-hydrogen) atoms. The van der Waals surface area contributed by atoms with Gasteiger partial charge in [0.1, 0.15) is 5.82 Å². The SMILES string of the molecule is C.CN(CCc1ccccn1)c1nc(NCC2CCC(CNS(=O)(=O)c3ccccc3)CC2)nc2ccccc12. The first kappa shape index (κ1) is 29.4. The molecule has 0 bridgehead atoms. The number of sulfonamides is 1. The van der Waals surface area contributed by atoms with Crippen LogP contribution in [0.25, 0.3) is 10.9 Å². The summed E-state index contributed by atoms with van der Waals surface area (Å²) in [5.74, 6) is 2.42. The van der Waals surface area contributed by atoms with Crippen molar-refractivity contribution < 1.29 is 8.42 Å². The second-order valence-electron chi connectivity index (χ2n) is 10.3. The topological polar surface area (TPSA) is 100 Å². The van der Waals surface area contributed by atoms with E-state index in [9.17, 15) is 8.42 Å². The third-order valence-electron chi connectivity index (χ3n) is 7.50. The van der Waals surface area contributed by atoms with Gasteiger partial charge in [0.2, 0.25) is 16.0 Å². The van der Waals surface area contributed by atoms with Gasteiger partial charge in [0.15, 0.2) is 0 Å². The number of benzene rings is 2. The number of aromatic nitrogens is 3. The van der Waals surface area contributed by atoms with E-state index in [0.717, 1.165) is 67.6 Å². The molecule has 2 N–H and O–H groups in total. The molecule has 0 atom stereocenters. The van der Waals surface area contributed by atoms with Gasteiger partial charge in [-0.15, -0.1) is 0 Å². The first-order valence-corrected chi connectivity index (χ1v) is 15.1. The highest BCUT2D eigenvalue weighted by atomic mass is 32.2. The zero-order chi connectivity index (χ0) is 27.1. The maximum absolute atomic E-state index is 12.5. The lowest BCUT2D eigenvalue weighted by Crippen LogP contribution is -2.32. The number of hydrogen-bond donors (Lipinski definition) is 2. The molecule has 2 aromatic carbocycles. The van der Waals surface area contributed by atoms with Crippen LogP contribution < -0.4 is 14.9 Å². The summed E-state index contributed by atoms with van der Waals surface area (Å²) in [4.78, 5) is 16.6. The Morgan fingerprint density at radius 1 is 0.850 bits per heavy atom. The molecule has 0 radical (unpaired) electrons. The number of para-hydroxylation sites is 1. The molecule has 1 saturated carbocycles. The second kappa shape index (κ2) is 13.7. The lowest BCUT2D eigenvalue weighted by atomic mass is 9.82. The van der Waals surface area contributed by atoms with Crippen molar-refractivity contribution in [2.45, 2.75) is 44.4 Å². The van der Waals surface area contributed by atoms with Crippen LogP contribution in [0.1, 0.15) is 38.8 Å². The van der Waals surface area contributed by atoms with Crippen LogP contribution in [0, 0.1) is 11.8 Å². The molecule has 212 valence electrons. The van der Waals surface area contributed by atoms with Gasteiger partial charge in [-0.05, 0) is 73.9 Å². The molecule has 2 aromatic heterocycles. The van der Waals surface area contributed by atoms with Crippen molar-refractivity contribution >= 4 is 32.7 Å². The summed E-state index contributed by atoms with van der Waals surface area (Å²) in [5, 5.41) is 4.53. The zero-order valence-corrected chi connectivity index (χ0v) is 23.1. The Morgan fingerprint density at radius 3 is 2.25 bits per heavy atom. The average Bonchev–Trinajstić information content (AvgIpc) is 2.99. The van der Waals surface area contributed by atoms with Gasteiger partial charge >= 0.3 is 0 Å². The highest BCUT2D eigenvalue weighted by Gasteiger charge is 2.23. The molecule has 8 nitrogen and oxygen atoms in total. The van der Waals surface area contributed by atoms with Crippen molar-refractivity contribution in [1.82, 2.24) is 19.7 Å². The standard InChI is InChI=1S/C30H36N6O2S.CH4/c1-36(20-18-25-9-7-8-19-31-25)29-27-12-5-6-13-28(27)34-30(35-29)32-21-23-14-16-24(17-15-23)22-33-39(37,38)26-10-3-2-4-11-26;/h2-13,19,23-24,33H,14-18,20-22H2,1H3,(H,32,34,35);1H4. The number of rotatable bonds is 11. The van der Waals surface area contributed by atoms with Gasteiger partial charge in [-0.25, -0.2) is 18.1 Å². The van der Waals surface area contributed by atoms with Gasteiger partial charge in [-0.3, -0.25) is 4.98 Å². The van der Waals surface area contributed by atoms with Crippen LogP contribution in [0.15, 0.2) is 83.9 Å². The molecule has 1 aliphatic carbocycles. The smallest absolute Gasteiger partial charge is 0.240 e. The largest absolute Gasteiger partial charge is 0.359 e. The van der Waals surface area contributed by atoms with E-state index in [2.05, 4.69) is 33.0 Å². The predicted molar refractivity (Wildman–Crippen MR) is 163 cm³/mol. The summed E-state index contributed by atoms with van der Waals surface area (Å²) >= 11 is 0. The van der Waals surface area contributed by atoms with E-state index in [4.69, 9.17) is 9.97 Å². The highest BCUT2D eigenvalue weighted by Crippen LogP contribution is 2.30. The molecule has 4 aromatic rings. The average molecular weight is 561 g/mol. The third kappa shape index (κ3) is 7.55. The van der Waals surface area contributed by atoms with Gasteiger partial charge < -0.3 is 10.2 Å². The van der Waals surface area contributed by atoms with Gasteiger partial charge in [0, 0.05) is 50.4 Å². The van der Waals surface area contributed by atoms with E-state index in [1.807, 2.05) is 48.7 Å². The van der Waals surface area contributed by atoms with E-state index in [1.54, 1.807) is 24.3 Å². The summed E-state index contributed by atoms with van der Waals surface area (Å²) in [7, 11) is -1.39. The first-order chi connectivity index (χ1) is 19.0. The van der Waals surface area contributed by atoms with Gasteiger partial charge in [0.25, 0.3) is 0 Å². The van der Waals surface area contributed by atoms with Crippen molar-refractivity contribution in [2.24, 2.45) is 11.8 Å². The molecule has 1 aliphatic rings. The van der Waals surface area contributed by atoms with E-state index >= 15 is 0 Å². The fraction of sp³-hybridized carbons (Fsp3) is 0.387. The number of anilines is 2. The maximum atomic E-state index is 12.5. The fourth-order valence-corrected chi connectivity index (χ4v) is 6.29. The number of hydrogen-bond acceptors (Lipinski definition) is 7. The number of likely N-dealkylation sites (N-methyl/N-ethyl adjacent to an activating group) is 1. The summed E-state index contributed by atoms with van der Waals surface area (Å²) in [6, 6.07) is 22.7. The quantitative estimate of drug-likeness (QED) is 0.249. The van der Waals surface area contributed by atoms with E-state index in [1.165, 1.54) is 0 Å². The molecule has 0 saturated heterocycles. The number of pyridine rings is 1. The second-order valence-corrected chi connectivity index (χ2v) is 12.1. The lowest BCUT2D eigenvalue weighted by Gasteiger charge is -2.29. The molecule has 0 spiro atoms. The van der Waals surface area contributed by atoms with Crippen molar-refractivity contribution in [1.29, 1.82) is 0 Å². The Hall–Kier alpha value is -3.56. The van der Waals surface area contributed by atoms with Gasteiger partial charge in [-0.1, -0.05) is 43.8 Å². The summed E-state index contributed by atoms with van der Waals surface area (Å²) in [6.45, 7) is 2.09. The van der Waals surface area contributed by atoms with Gasteiger partial charge in [-0.2, -0.15) is 4.98 Å². The molecular formula is C31H40N6O2S. The minimum absolute atomic E-state index is 0. The van der Waals surface area contributed by atoms with Gasteiger partial charge in [0.05, 0.1) is 10.4 Å². The Kier molecular flexibility index (Phi) is 10.1. The normalized spacial score (nSPS) is 17.2.